The number of amides is 1. The highest BCUT2D eigenvalue weighted by Crippen LogP contribution is 2.26. The monoisotopic (exact) mass is 374 g/mol. The van der Waals surface area contributed by atoms with Crippen molar-refractivity contribution in [1.29, 1.82) is 0 Å². The maximum Gasteiger partial charge on any atom is 0.246 e. The molecule has 4 nitrogen and oxygen atoms in total. The third kappa shape index (κ3) is 3.29. The fraction of sp³-hybridized carbons (Fsp3) is 0.0909. The van der Waals surface area contributed by atoms with Gasteiger partial charge < -0.3 is 9.47 Å². The fourth-order valence-corrected chi connectivity index (χ4v) is 3.82. The lowest BCUT2D eigenvalue weighted by Crippen LogP contribution is -2.29. The van der Waals surface area contributed by atoms with Gasteiger partial charge in [0.25, 0.3) is 0 Å². The Kier molecular flexibility index (Phi) is 4.60. The lowest BCUT2D eigenvalue weighted by atomic mass is 10.1. The standard InChI is InChI=1S/C22H18N2O2S/c1-23(16-8-3-2-4-9-16)21(25)15-24-14-18(17-10-5-6-11-19(17)24)22(26)20-12-7-13-27-20/h2-14H,15H2,1H3. The average molecular weight is 374 g/mol. The van der Waals surface area contributed by atoms with E-state index in [2.05, 4.69) is 0 Å². The SMILES string of the molecule is CN(C(=O)Cn1cc(C(=O)c2cccs2)c2ccccc21)c1ccccc1. The number of thiophene rings is 1. The highest BCUT2D eigenvalue weighted by molar-refractivity contribution is 7.12. The van der Waals surface area contributed by atoms with E-state index in [0.29, 0.717) is 10.4 Å². The molecule has 27 heavy (non-hydrogen) atoms. The zero-order chi connectivity index (χ0) is 18.8. The van der Waals surface area contributed by atoms with E-state index in [1.54, 1.807) is 18.1 Å². The molecule has 1 amide bonds. The van der Waals surface area contributed by atoms with E-state index in [1.807, 2.05) is 76.7 Å². The highest BCUT2D eigenvalue weighted by Gasteiger charge is 2.19. The van der Waals surface area contributed by atoms with E-state index >= 15 is 0 Å². The van der Waals surface area contributed by atoms with Crippen molar-refractivity contribution in [2.45, 2.75) is 6.54 Å². The molecule has 0 unspecified atom stereocenters. The number of ketones is 1. The van der Waals surface area contributed by atoms with Crippen molar-refractivity contribution in [2.24, 2.45) is 0 Å². The van der Waals surface area contributed by atoms with Gasteiger partial charge in [0.1, 0.15) is 6.54 Å². The van der Waals surface area contributed by atoms with Gasteiger partial charge in [0, 0.05) is 35.4 Å². The number of rotatable bonds is 5. The first-order valence-corrected chi connectivity index (χ1v) is 9.51. The van der Waals surface area contributed by atoms with Gasteiger partial charge >= 0.3 is 0 Å². The normalized spacial score (nSPS) is 10.9. The number of aromatic nitrogens is 1. The minimum atomic E-state index is -0.0444. The third-order valence-electron chi connectivity index (χ3n) is 4.60. The van der Waals surface area contributed by atoms with Crippen molar-refractivity contribution in [1.82, 2.24) is 4.57 Å². The molecule has 0 saturated heterocycles. The Bertz CT molecular complexity index is 1100. The van der Waals surface area contributed by atoms with Crippen LogP contribution in [-0.4, -0.2) is 23.3 Å². The van der Waals surface area contributed by atoms with Crippen LogP contribution in [0.3, 0.4) is 0 Å². The van der Waals surface area contributed by atoms with Crippen LogP contribution in [0, 0.1) is 0 Å². The summed E-state index contributed by atoms with van der Waals surface area (Å²) < 4.78 is 1.86. The number of fused-ring (bicyclic) bond motifs is 1. The molecule has 4 rings (SSSR count). The number of benzene rings is 2. The fourth-order valence-electron chi connectivity index (χ4n) is 3.15. The Hall–Kier alpha value is -3.18. The number of hydrogen-bond acceptors (Lipinski definition) is 3. The van der Waals surface area contributed by atoms with Crippen LogP contribution in [0.25, 0.3) is 10.9 Å². The van der Waals surface area contributed by atoms with E-state index in [1.165, 1.54) is 11.3 Å². The lowest BCUT2D eigenvalue weighted by Gasteiger charge is -2.18. The number of anilines is 1. The molecule has 5 heteroatoms. The second-order valence-electron chi connectivity index (χ2n) is 6.28. The van der Waals surface area contributed by atoms with Crippen LogP contribution in [0.2, 0.25) is 0 Å². The predicted octanol–water partition coefficient (Wildman–Crippen LogP) is 4.60. The Labute approximate surface area is 161 Å². The lowest BCUT2D eigenvalue weighted by molar-refractivity contribution is -0.118. The van der Waals surface area contributed by atoms with Crippen LogP contribution in [0.15, 0.2) is 78.3 Å². The van der Waals surface area contributed by atoms with Crippen molar-refractivity contribution in [3.8, 4) is 0 Å². The van der Waals surface area contributed by atoms with E-state index < -0.39 is 0 Å². The van der Waals surface area contributed by atoms with Gasteiger partial charge in [-0.25, -0.2) is 0 Å². The summed E-state index contributed by atoms with van der Waals surface area (Å²) in [4.78, 5) is 28.0. The maximum absolute atomic E-state index is 12.9. The summed E-state index contributed by atoms with van der Waals surface area (Å²) >= 11 is 1.43. The maximum atomic E-state index is 12.9. The van der Waals surface area contributed by atoms with Gasteiger partial charge in [-0.15, -0.1) is 11.3 Å². The van der Waals surface area contributed by atoms with Gasteiger partial charge in [-0.2, -0.15) is 0 Å². The first kappa shape index (κ1) is 17.2. The summed E-state index contributed by atoms with van der Waals surface area (Å²) in [5, 5.41) is 2.76. The molecule has 0 bridgehead atoms. The number of hydrogen-bond donors (Lipinski definition) is 0. The topological polar surface area (TPSA) is 42.3 Å². The molecule has 0 fully saturated rings. The van der Waals surface area contributed by atoms with Gasteiger partial charge in [-0.05, 0) is 29.6 Å². The van der Waals surface area contributed by atoms with E-state index in [0.717, 1.165) is 16.6 Å². The molecule has 0 aliphatic rings. The number of likely N-dealkylation sites (N-methyl/N-ethyl adjacent to an activating group) is 1. The predicted molar refractivity (Wildman–Crippen MR) is 110 cm³/mol. The van der Waals surface area contributed by atoms with Gasteiger partial charge in [0.15, 0.2) is 0 Å². The van der Waals surface area contributed by atoms with Gasteiger partial charge in [-0.1, -0.05) is 42.5 Å². The molecule has 2 aromatic carbocycles. The molecule has 2 heterocycles. The minimum Gasteiger partial charge on any atom is -0.337 e. The summed E-state index contributed by atoms with van der Waals surface area (Å²) in [5.41, 5.74) is 2.35. The van der Waals surface area contributed by atoms with E-state index in [4.69, 9.17) is 0 Å². The number of carbonyl (C=O) groups excluding carboxylic acids is 2. The van der Waals surface area contributed by atoms with Crippen LogP contribution in [0.4, 0.5) is 5.69 Å². The third-order valence-corrected chi connectivity index (χ3v) is 5.47. The minimum absolute atomic E-state index is 0.0104. The van der Waals surface area contributed by atoms with E-state index in [9.17, 15) is 9.59 Å². The molecule has 0 saturated carbocycles. The van der Waals surface area contributed by atoms with Crippen LogP contribution >= 0.6 is 11.3 Å². The molecule has 0 spiro atoms. The summed E-state index contributed by atoms with van der Waals surface area (Å²) in [6.45, 7) is 0.170. The second-order valence-corrected chi connectivity index (χ2v) is 7.23. The van der Waals surface area contributed by atoms with Crippen LogP contribution < -0.4 is 4.90 Å². The summed E-state index contributed by atoms with van der Waals surface area (Å²) in [6.07, 6.45) is 1.80. The largest absolute Gasteiger partial charge is 0.337 e. The summed E-state index contributed by atoms with van der Waals surface area (Å²) in [7, 11) is 1.76. The molecule has 0 atom stereocenters. The van der Waals surface area contributed by atoms with E-state index in [-0.39, 0.29) is 18.2 Å². The van der Waals surface area contributed by atoms with Crippen molar-refractivity contribution >= 4 is 39.6 Å². The van der Waals surface area contributed by atoms with Gasteiger partial charge in [0.05, 0.1) is 4.88 Å². The smallest absolute Gasteiger partial charge is 0.246 e. The van der Waals surface area contributed by atoms with Crippen molar-refractivity contribution in [3.05, 3.63) is 88.7 Å². The average Bonchev–Trinajstić information content (AvgIpc) is 3.36. The first-order chi connectivity index (χ1) is 13.1. The quantitative estimate of drug-likeness (QED) is 0.479. The zero-order valence-electron chi connectivity index (χ0n) is 14.8. The summed E-state index contributed by atoms with van der Waals surface area (Å²) in [6, 6.07) is 20.9. The van der Waals surface area contributed by atoms with Crippen molar-refractivity contribution in [2.75, 3.05) is 11.9 Å². The van der Waals surface area contributed by atoms with Crippen LogP contribution in [0.5, 0.6) is 0 Å². The van der Waals surface area contributed by atoms with Gasteiger partial charge in [0.2, 0.25) is 11.7 Å². The second kappa shape index (κ2) is 7.21. The molecular formula is C22H18N2O2S. The Morgan fingerprint density at radius 2 is 1.70 bits per heavy atom. The van der Waals surface area contributed by atoms with Gasteiger partial charge in [-0.3, -0.25) is 9.59 Å². The highest BCUT2D eigenvalue weighted by atomic mass is 32.1. The molecule has 0 aliphatic heterocycles. The molecule has 0 radical (unpaired) electrons. The number of carbonyl (C=O) groups is 2. The molecule has 134 valence electrons. The number of para-hydroxylation sites is 2. The van der Waals surface area contributed by atoms with Crippen LogP contribution in [0.1, 0.15) is 15.2 Å². The van der Waals surface area contributed by atoms with Crippen LogP contribution in [-0.2, 0) is 11.3 Å². The van der Waals surface area contributed by atoms with Crippen molar-refractivity contribution in [3.63, 3.8) is 0 Å². The Morgan fingerprint density at radius 1 is 0.963 bits per heavy atom. The zero-order valence-corrected chi connectivity index (χ0v) is 15.6. The Balaban J connectivity index is 1.68. The molecule has 2 aromatic heterocycles. The molecule has 0 N–H and O–H groups in total. The number of nitrogens with zero attached hydrogens (tertiary/aromatic N) is 2. The first-order valence-electron chi connectivity index (χ1n) is 8.63. The molecule has 4 aromatic rings. The molecular weight excluding hydrogens is 356 g/mol. The summed E-state index contributed by atoms with van der Waals surface area (Å²) in [5.74, 6) is -0.0547. The molecule has 0 aliphatic carbocycles. The van der Waals surface area contributed by atoms with Crippen molar-refractivity contribution < 1.29 is 9.59 Å². The Morgan fingerprint density at radius 3 is 2.44 bits per heavy atom.